The Morgan fingerprint density at radius 3 is 2.30 bits per heavy atom. The maximum absolute atomic E-state index is 12.8. The molecule has 0 aliphatic carbocycles. The Labute approximate surface area is 156 Å². The number of nitrogens with one attached hydrogen (secondary N) is 1. The van der Waals surface area contributed by atoms with Crippen LogP contribution in [-0.4, -0.2) is 15.8 Å². The van der Waals surface area contributed by atoms with E-state index in [2.05, 4.69) is 10.3 Å². The van der Waals surface area contributed by atoms with Gasteiger partial charge in [0.25, 0.3) is 11.6 Å². The summed E-state index contributed by atoms with van der Waals surface area (Å²) in [5, 5.41) is 13.7. The van der Waals surface area contributed by atoms with Crippen molar-refractivity contribution >= 4 is 23.2 Å². The Bertz CT molecular complexity index is 953. The van der Waals surface area contributed by atoms with Gasteiger partial charge in [-0.1, -0.05) is 30.3 Å². The predicted molar refractivity (Wildman–Crippen MR) is 103 cm³/mol. The predicted octanol–water partition coefficient (Wildman–Crippen LogP) is 3.85. The summed E-state index contributed by atoms with van der Waals surface area (Å²) in [4.78, 5) is 27.1. The Balaban J connectivity index is 1.86. The highest BCUT2D eigenvalue weighted by Gasteiger charge is 2.12. The normalized spacial score (nSPS) is 11.0. The Morgan fingerprint density at radius 1 is 1.00 bits per heavy atom. The van der Waals surface area contributed by atoms with Gasteiger partial charge in [-0.15, -0.1) is 0 Å². The van der Waals surface area contributed by atoms with E-state index >= 15 is 0 Å². The first-order valence-corrected chi connectivity index (χ1v) is 8.32. The summed E-state index contributed by atoms with van der Waals surface area (Å²) >= 11 is 0. The second-order valence-corrected chi connectivity index (χ2v) is 5.81. The fourth-order valence-corrected chi connectivity index (χ4v) is 2.53. The minimum Gasteiger partial charge on any atom is -0.348 e. The van der Waals surface area contributed by atoms with Gasteiger partial charge in [-0.2, -0.15) is 0 Å². The number of benzene rings is 2. The summed E-state index contributed by atoms with van der Waals surface area (Å²) in [6.45, 7) is 0.381. The molecule has 1 aromatic heterocycles. The van der Waals surface area contributed by atoms with Crippen LogP contribution in [0.1, 0.15) is 16.7 Å². The van der Waals surface area contributed by atoms with Crippen molar-refractivity contribution in [2.24, 2.45) is 0 Å². The summed E-state index contributed by atoms with van der Waals surface area (Å²) < 4.78 is 0. The van der Waals surface area contributed by atoms with Gasteiger partial charge in [0.15, 0.2) is 0 Å². The van der Waals surface area contributed by atoms with Gasteiger partial charge in [-0.05, 0) is 47.0 Å². The number of amides is 1. The Kier molecular flexibility index (Phi) is 5.69. The molecule has 0 bridgehead atoms. The molecule has 0 aliphatic heterocycles. The van der Waals surface area contributed by atoms with Crippen LogP contribution in [0.25, 0.3) is 11.6 Å². The summed E-state index contributed by atoms with van der Waals surface area (Å²) in [5.41, 5.74) is 2.91. The highest BCUT2D eigenvalue weighted by atomic mass is 16.6. The van der Waals surface area contributed by atoms with Crippen LogP contribution in [0.4, 0.5) is 5.69 Å². The van der Waals surface area contributed by atoms with E-state index in [-0.39, 0.29) is 11.6 Å². The average Bonchev–Trinajstić information content (AvgIpc) is 2.72. The molecular weight excluding hydrogens is 342 g/mol. The minimum atomic E-state index is -0.451. The topological polar surface area (TPSA) is 85.1 Å². The molecule has 0 spiro atoms. The number of hydrogen-bond acceptors (Lipinski definition) is 4. The first-order chi connectivity index (χ1) is 13.1. The number of nitro groups is 1. The number of hydrogen-bond donors (Lipinski definition) is 1. The molecule has 0 aliphatic rings. The molecule has 1 amide bonds. The van der Waals surface area contributed by atoms with Gasteiger partial charge in [0.05, 0.1) is 4.92 Å². The van der Waals surface area contributed by atoms with E-state index in [0.717, 1.165) is 11.1 Å². The number of nitro benzene ring substituents is 1. The van der Waals surface area contributed by atoms with Crippen LogP contribution in [0, 0.1) is 10.1 Å². The third-order valence-electron chi connectivity index (χ3n) is 3.95. The molecule has 0 saturated heterocycles. The third kappa shape index (κ3) is 4.85. The molecule has 6 heteroatoms. The maximum Gasteiger partial charge on any atom is 0.269 e. The Morgan fingerprint density at radius 2 is 1.67 bits per heavy atom. The van der Waals surface area contributed by atoms with Crippen molar-refractivity contribution in [1.82, 2.24) is 10.3 Å². The van der Waals surface area contributed by atoms with Crippen molar-refractivity contribution in [2.75, 3.05) is 0 Å². The summed E-state index contributed by atoms with van der Waals surface area (Å²) in [6, 6.07) is 19.0. The van der Waals surface area contributed by atoms with Crippen LogP contribution in [0.3, 0.4) is 0 Å². The van der Waals surface area contributed by atoms with E-state index in [1.54, 1.807) is 30.6 Å². The zero-order chi connectivity index (χ0) is 19.1. The quantitative estimate of drug-likeness (QED) is 0.313. The number of aromatic nitrogens is 1. The van der Waals surface area contributed by atoms with E-state index in [1.807, 2.05) is 42.5 Å². The van der Waals surface area contributed by atoms with E-state index in [9.17, 15) is 14.9 Å². The molecular formula is C21H17N3O3. The number of carbonyl (C=O) groups excluding carboxylic acids is 1. The Hall–Kier alpha value is -3.80. The molecule has 27 heavy (non-hydrogen) atoms. The van der Waals surface area contributed by atoms with E-state index in [4.69, 9.17) is 0 Å². The second-order valence-electron chi connectivity index (χ2n) is 5.81. The molecule has 2 aromatic carbocycles. The van der Waals surface area contributed by atoms with Crippen molar-refractivity contribution < 1.29 is 9.72 Å². The zero-order valence-corrected chi connectivity index (χ0v) is 14.4. The van der Waals surface area contributed by atoms with Crippen molar-refractivity contribution in [3.8, 4) is 0 Å². The van der Waals surface area contributed by atoms with Crippen LogP contribution >= 0.6 is 0 Å². The summed E-state index contributed by atoms with van der Waals surface area (Å²) in [7, 11) is 0. The molecule has 1 N–H and O–H groups in total. The highest BCUT2D eigenvalue weighted by Crippen LogP contribution is 2.20. The first-order valence-electron chi connectivity index (χ1n) is 8.32. The standard InChI is InChI=1S/C21H17N3O3/c25-21(23-15-17-10-12-22-13-11-17)20(18-4-2-1-3-5-18)14-16-6-8-19(9-7-16)24(26)27/h1-14H,15H2,(H,23,25)/b20-14+. The van der Waals surface area contributed by atoms with Gasteiger partial charge in [0, 0.05) is 36.6 Å². The zero-order valence-electron chi connectivity index (χ0n) is 14.4. The molecule has 0 saturated carbocycles. The second kappa shape index (κ2) is 8.53. The van der Waals surface area contributed by atoms with Crippen LogP contribution < -0.4 is 5.32 Å². The van der Waals surface area contributed by atoms with E-state index in [1.165, 1.54) is 12.1 Å². The van der Waals surface area contributed by atoms with Crippen LogP contribution in [0.5, 0.6) is 0 Å². The lowest BCUT2D eigenvalue weighted by Crippen LogP contribution is -2.23. The lowest BCUT2D eigenvalue weighted by atomic mass is 10.0. The van der Waals surface area contributed by atoms with Crippen molar-refractivity contribution in [3.05, 3.63) is 106 Å². The number of rotatable bonds is 6. The molecule has 6 nitrogen and oxygen atoms in total. The number of carbonyl (C=O) groups is 1. The first kappa shape index (κ1) is 18.0. The minimum absolute atomic E-state index is 0.00977. The molecule has 1 heterocycles. The summed E-state index contributed by atoms with van der Waals surface area (Å²) in [6.07, 6.45) is 5.07. The molecule has 3 rings (SSSR count). The molecule has 0 radical (unpaired) electrons. The van der Waals surface area contributed by atoms with Gasteiger partial charge in [0.2, 0.25) is 0 Å². The molecule has 0 unspecified atom stereocenters. The number of pyridine rings is 1. The maximum atomic E-state index is 12.8. The van der Waals surface area contributed by atoms with Gasteiger partial charge < -0.3 is 5.32 Å². The van der Waals surface area contributed by atoms with Crippen molar-refractivity contribution in [1.29, 1.82) is 0 Å². The lowest BCUT2D eigenvalue weighted by molar-refractivity contribution is -0.384. The molecule has 134 valence electrons. The van der Waals surface area contributed by atoms with Crippen molar-refractivity contribution in [3.63, 3.8) is 0 Å². The summed E-state index contributed by atoms with van der Waals surface area (Å²) in [5.74, 6) is -0.226. The number of nitrogens with zero attached hydrogens (tertiary/aromatic N) is 2. The SMILES string of the molecule is O=C(NCc1ccncc1)/C(=C/c1ccc([N+](=O)[O-])cc1)c1ccccc1. The lowest BCUT2D eigenvalue weighted by Gasteiger charge is -2.10. The average molecular weight is 359 g/mol. The van der Waals surface area contributed by atoms with Gasteiger partial charge >= 0.3 is 0 Å². The van der Waals surface area contributed by atoms with E-state index < -0.39 is 4.92 Å². The smallest absolute Gasteiger partial charge is 0.269 e. The van der Waals surface area contributed by atoms with Crippen LogP contribution in [0.2, 0.25) is 0 Å². The van der Waals surface area contributed by atoms with Gasteiger partial charge in [-0.25, -0.2) is 0 Å². The number of non-ortho nitro benzene ring substituents is 1. The molecule has 0 atom stereocenters. The fraction of sp³-hybridized carbons (Fsp3) is 0.0476. The van der Waals surface area contributed by atoms with Crippen LogP contribution in [-0.2, 0) is 11.3 Å². The highest BCUT2D eigenvalue weighted by molar-refractivity contribution is 6.24. The molecule has 0 fully saturated rings. The largest absolute Gasteiger partial charge is 0.348 e. The fourth-order valence-electron chi connectivity index (χ4n) is 2.53. The van der Waals surface area contributed by atoms with E-state index in [0.29, 0.717) is 17.7 Å². The molecule has 3 aromatic rings. The van der Waals surface area contributed by atoms with Gasteiger partial charge in [0.1, 0.15) is 0 Å². The van der Waals surface area contributed by atoms with Gasteiger partial charge in [-0.3, -0.25) is 19.9 Å². The van der Waals surface area contributed by atoms with Crippen molar-refractivity contribution in [2.45, 2.75) is 6.54 Å². The third-order valence-corrected chi connectivity index (χ3v) is 3.95. The van der Waals surface area contributed by atoms with Crippen LogP contribution in [0.15, 0.2) is 79.1 Å². The monoisotopic (exact) mass is 359 g/mol.